The van der Waals surface area contributed by atoms with Gasteiger partial charge in [0, 0.05) is 19.5 Å². The second kappa shape index (κ2) is 6.05. The predicted molar refractivity (Wildman–Crippen MR) is 71.0 cm³/mol. The number of nitrogens with zero attached hydrogens (tertiary/aromatic N) is 1. The maximum atomic E-state index is 12.5. The third kappa shape index (κ3) is 3.75. The Kier molecular flexibility index (Phi) is 4.56. The minimum Gasteiger partial charge on any atom is -0.330 e. The number of carbonyl (C=O) groups excluding carboxylic acids is 2. The Hall–Kier alpha value is -1.56. The summed E-state index contributed by atoms with van der Waals surface area (Å²) in [6, 6.07) is 5.24. The number of hydrogen-bond donors (Lipinski definition) is 0. The van der Waals surface area contributed by atoms with Gasteiger partial charge in [-0.15, -0.1) is 11.6 Å². The minimum absolute atomic E-state index is 0.0469. The Morgan fingerprint density at radius 2 is 1.95 bits per heavy atom. The third-order valence-electron chi connectivity index (χ3n) is 3.36. The van der Waals surface area contributed by atoms with Gasteiger partial charge in [-0.3, -0.25) is 9.59 Å². The van der Waals surface area contributed by atoms with E-state index < -0.39 is 12.1 Å². The maximum Gasteiger partial charge on any atom is 0.471 e. The van der Waals surface area contributed by atoms with Crippen LogP contribution in [0.25, 0.3) is 0 Å². The summed E-state index contributed by atoms with van der Waals surface area (Å²) in [5.74, 6) is -2.08. The molecule has 0 unspecified atom stereocenters. The summed E-state index contributed by atoms with van der Waals surface area (Å²) in [5, 5.41) is 0. The summed E-state index contributed by atoms with van der Waals surface area (Å²) in [6.45, 7) is -0.0398. The zero-order valence-corrected chi connectivity index (χ0v) is 11.8. The molecule has 0 atom stereocenters. The monoisotopic (exact) mass is 319 g/mol. The molecule has 1 aromatic carbocycles. The van der Waals surface area contributed by atoms with Crippen molar-refractivity contribution in [3.8, 4) is 0 Å². The van der Waals surface area contributed by atoms with E-state index in [1.54, 1.807) is 18.2 Å². The van der Waals surface area contributed by atoms with Crippen LogP contribution in [-0.2, 0) is 29.0 Å². The molecule has 0 aromatic heterocycles. The van der Waals surface area contributed by atoms with E-state index in [-0.39, 0.29) is 31.2 Å². The van der Waals surface area contributed by atoms with E-state index in [2.05, 4.69) is 0 Å². The highest BCUT2D eigenvalue weighted by atomic mass is 35.5. The summed E-state index contributed by atoms with van der Waals surface area (Å²) in [4.78, 5) is 23.4. The van der Waals surface area contributed by atoms with Gasteiger partial charge in [0.05, 0.1) is 5.88 Å². The van der Waals surface area contributed by atoms with Gasteiger partial charge in [-0.1, -0.05) is 18.2 Å². The first-order valence-electron chi connectivity index (χ1n) is 6.35. The van der Waals surface area contributed by atoms with E-state index in [0.717, 1.165) is 10.5 Å². The van der Waals surface area contributed by atoms with Crippen LogP contribution < -0.4 is 0 Å². The van der Waals surface area contributed by atoms with Crippen molar-refractivity contribution in [2.75, 3.05) is 12.4 Å². The number of alkyl halides is 4. The fraction of sp³-hybridized carbons (Fsp3) is 0.429. The molecule has 3 nitrogen and oxygen atoms in total. The van der Waals surface area contributed by atoms with Crippen molar-refractivity contribution in [3.63, 3.8) is 0 Å². The summed E-state index contributed by atoms with van der Waals surface area (Å²) < 4.78 is 37.4. The van der Waals surface area contributed by atoms with Crippen LogP contribution >= 0.6 is 11.6 Å². The molecule has 1 aliphatic rings. The summed E-state index contributed by atoms with van der Waals surface area (Å²) >= 11 is 5.43. The van der Waals surface area contributed by atoms with Gasteiger partial charge in [0.25, 0.3) is 0 Å². The lowest BCUT2D eigenvalue weighted by molar-refractivity contribution is -0.186. The van der Waals surface area contributed by atoms with Crippen LogP contribution in [-0.4, -0.2) is 35.2 Å². The second-order valence-electron chi connectivity index (χ2n) is 4.93. The molecule has 0 saturated carbocycles. The molecule has 0 bridgehead atoms. The van der Waals surface area contributed by atoms with E-state index in [4.69, 9.17) is 11.6 Å². The summed E-state index contributed by atoms with van der Waals surface area (Å²) in [6.07, 6.45) is -4.34. The predicted octanol–water partition coefficient (Wildman–Crippen LogP) is 2.48. The van der Waals surface area contributed by atoms with E-state index in [1.165, 1.54) is 0 Å². The van der Waals surface area contributed by atoms with E-state index >= 15 is 0 Å². The Morgan fingerprint density at radius 1 is 1.24 bits per heavy atom. The Balaban J connectivity index is 2.17. The maximum absolute atomic E-state index is 12.5. The zero-order valence-electron chi connectivity index (χ0n) is 11.0. The van der Waals surface area contributed by atoms with Crippen molar-refractivity contribution in [2.24, 2.45) is 0 Å². The molecule has 21 heavy (non-hydrogen) atoms. The summed E-state index contributed by atoms with van der Waals surface area (Å²) in [7, 11) is 0. The van der Waals surface area contributed by atoms with Crippen LogP contribution in [0.15, 0.2) is 18.2 Å². The molecule has 0 radical (unpaired) electrons. The molecule has 0 saturated heterocycles. The number of fused-ring (bicyclic) bond motifs is 1. The minimum atomic E-state index is -4.86. The molecule has 2 rings (SSSR count). The highest BCUT2D eigenvalue weighted by Crippen LogP contribution is 2.25. The first kappa shape index (κ1) is 15.8. The van der Waals surface area contributed by atoms with Gasteiger partial charge >= 0.3 is 12.1 Å². The normalized spacial score (nSPS) is 14.8. The van der Waals surface area contributed by atoms with E-state index in [9.17, 15) is 22.8 Å². The molecular formula is C14H13ClF3NO2. The fourth-order valence-corrected chi connectivity index (χ4v) is 2.44. The lowest BCUT2D eigenvalue weighted by Gasteiger charge is -2.29. The summed E-state index contributed by atoms with van der Waals surface area (Å²) in [5.41, 5.74) is 2.25. The molecule has 1 heterocycles. The Bertz CT molecular complexity index is 572. The van der Waals surface area contributed by atoms with Gasteiger partial charge in [-0.05, 0) is 23.1 Å². The number of benzene rings is 1. The van der Waals surface area contributed by atoms with Crippen LogP contribution in [0, 0.1) is 0 Å². The quantitative estimate of drug-likeness (QED) is 0.803. The van der Waals surface area contributed by atoms with Gasteiger partial charge in [-0.25, -0.2) is 0 Å². The van der Waals surface area contributed by atoms with Crippen molar-refractivity contribution in [1.29, 1.82) is 0 Å². The first-order valence-corrected chi connectivity index (χ1v) is 6.89. The van der Waals surface area contributed by atoms with Crippen LogP contribution in [0.5, 0.6) is 0 Å². The van der Waals surface area contributed by atoms with Crippen molar-refractivity contribution >= 4 is 23.3 Å². The van der Waals surface area contributed by atoms with E-state index in [0.29, 0.717) is 17.5 Å². The van der Waals surface area contributed by atoms with E-state index in [1.807, 2.05) is 0 Å². The van der Waals surface area contributed by atoms with Gasteiger partial charge < -0.3 is 4.90 Å². The number of amides is 1. The van der Waals surface area contributed by atoms with Crippen LogP contribution in [0.1, 0.15) is 16.7 Å². The lowest BCUT2D eigenvalue weighted by atomic mass is 9.96. The van der Waals surface area contributed by atoms with Crippen molar-refractivity contribution in [2.45, 2.75) is 25.6 Å². The van der Waals surface area contributed by atoms with Crippen molar-refractivity contribution in [1.82, 2.24) is 4.90 Å². The Labute approximate surface area is 124 Å². The Morgan fingerprint density at radius 3 is 2.57 bits per heavy atom. The number of ketones is 1. The molecule has 1 aromatic rings. The smallest absolute Gasteiger partial charge is 0.330 e. The second-order valence-corrected chi connectivity index (χ2v) is 5.19. The average molecular weight is 320 g/mol. The molecule has 1 amide bonds. The van der Waals surface area contributed by atoms with Crippen LogP contribution in [0.3, 0.4) is 0 Å². The first-order chi connectivity index (χ1) is 9.81. The average Bonchev–Trinajstić information content (AvgIpc) is 2.44. The fourth-order valence-electron chi connectivity index (χ4n) is 2.35. The zero-order chi connectivity index (χ0) is 15.6. The molecule has 0 spiro atoms. The van der Waals surface area contributed by atoms with Crippen LogP contribution in [0.2, 0.25) is 0 Å². The number of Topliss-reactive ketones (excluding diaryl/α,β-unsaturated/α-hetero) is 1. The molecule has 0 aliphatic carbocycles. The van der Waals surface area contributed by atoms with Gasteiger partial charge in [0.2, 0.25) is 0 Å². The number of hydrogen-bond acceptors (Lipinski definition) is 2. The van der Waals surface area contributed by atoms with Gasteiger partial charge in [0.15, 0.2) is 5.78 Å². The van der Waals surface area contributed by atoms with Crippen molar-refractivity contribution < 1.29 is 22.8 Å². The lowest BCUT2D eigenvalue weighted by Crippen LogP contribution is -2.43. The SMILES string of the molecule is O=C(CCl)Cc1ccc2c(c1)CN(C(=O)C(F)(F)F)CC2. The topological polar surface area (TPSA) is 37.4 Å². The van der Waals surface area contributed by atoms with Crippen LogP contribution in [0.4, 0.5) is 13.2 Å². The third-order valence-corrected chi connectivity index (χ3v) is 3.66. The molecule has 0 fully saturated rings. The molecule has 0 N–H and O–H groups in total. The van der Waals surface area contributed by atoms with Crippen molar-refractivity contribution in [3.05, 3.63) is 34.9 Å². The largest absolute Gasteiger partial charge is 0.471 e. The molecule has 1 aliphatic heterocycles. The number of halogens is 4. The molecular weight excluding hydrogens is 307 g/mol. The van der Waals surface area contributed by atoms with Gasteiger partial charge in [0.1, 0.15) is 0 Å². The van der Waals surface area contributed by atoms with Gasteiger partial charge in [-0.2, -0.15) is 13.2 Å². The number of rotatable bonds is 3. The number of carbonyl (C=O) groups is 2. The highest BCUT2D eigenvalue weighted by Gasteiger charge is 2.43. The standard InChI is InChI=1S/C14H13ClF3NO2/c15-7-12(20)6-9-1-2-10-3-4-19(8-11(10)5-9)13(21)14(16,17)18/h1-2,5H,3-4,6-8H2. The molecule has 7 heteroatoms. The molecule has 114 valence electrons. The highest BCUT2D eigenvalue weighted by molar-refractivity contribution is 6.27.